The average molecular weight is 458 g/mol. The second kappa shape index (κ2) is 8.09. The Balaban J connectivity index is 2.13. The normalized spacial score (nSPS) is 12.6. The molecule has 0 heterocycles. The summed E-state index contributed by atoms with van der Waals surface area (Å²) in [7, 11) is -3.54. The molecule has 1 atom stereocenters. The maximum atomic E-state index is 12.3. The van der Waals surface area contributed by atoms with Crippen LogP contribution in [0.2, 0.25) is 0 Å². The second-order valence-corrected chi connectivity index (χ2v) is 8.27. The Morgan fingerprint density at radius 3 is 2.33 bits per heavy atom. The molecule has 0 spiro atoms. The van der Waals surface area contributed by atoms with Crippen LogP contribution in [-0.2, 0) is 10.0 Å². The minimum Gasteiger partial charge on any atom is -0.322 e. The highest BCUT2D eigenvalue weighted by Crippen LogP contribution is 2.17. The van der Waals surface area contributed by atoms with Crippen LogP contribution in [0.25, 0.3) is 0 Å². The zero-order valence-corrected chi connectivity index (χ0v) is 16.4. The third kappa shape index (κ3) is 4.78. The Labute approximate surface area is 156 Å². The molecular formula is C17H19IN2O3S. The first-order valence-electron chi connectivity index (χ1n) is 7.51. The fourth-order valence-electron chi connectivity index (χ4n) is 1.98. The number of amides is 1. The summed E-state index contributed by atoms with van der Waals surface area (Å²) in [5, 5.41) is 2.77. The molecule has 0 aliphatic heterocycles. The van der Waals surface area contributed by atoms with E-state index in [0.717, 1.165) is 3.57 Å². The molecule has 0 radical (unpaired) electrons. The first-order valence-corrected chi connectivity index (χ1v) is 10.1. The molecule has 0 aliphatic carbocycles. The Morgan fingerprint density at radius 1 is 1.12 bits per heavy atom. The highest BCUT2D eigenvalue weighted by molar-refractivity contribution is 14.1. The van der Waals surface area contributed by atoms with Crippen molar-refractivity contribution in [2.24, 2.45) is 0 Å². The van der Waals surface area contributed by atoms with Crippen LogP contribution >= 0.6 is 22.6 Å². The number of sulfonamides is 1. The lowest BCUT2D eigenvalue weighted by atomic mass is 10.2. The summed E-state index contributed by atoms with van der Waals surface area (Å²) in [6.45, 7) is 3.73. The number of anilines is 1. The minimum absolute atomic E-state index is 0.130. The van der Waals surface area contributed by atoms with Crippen LogP contribution in [-0.4, -0.2) is 20.4 Å². The van der Waals surface area contributed by atoms with Crippen LogP contribution in [0, 0.1) is 3.57 Å². The van der Waals surface area contributed by atoms with Gasteiger partial charge in [0.15, 0.2) is 0 Å². The lowest BCUT2D eigenvalue weighted by molar-refractivity contribution is 0.102. The van der Waals surface area contributed by atoms with Crippen LogP contribution in [0.1, 0.15) is 30.6 Å². The summed E-state index contributed by atoms with van der Waals surface area (Å²) in [6, 6.07) is 13.3. The summed E-state index contributed by atoms with van der Waals surface area (Å²) in [5.74, 6) is -0.228. The van der Waals surface area contributed by atoms with Crippen LogP contribution in [0.4, 0.5) is 5.69 Å². The van der Waals surface area contributed by atoms with Gasteiger partial charge in [0, 0.05) is 15.3 Å². The third-order valence-corrected chi connectivity index (χ3v) is 6.06. The molecule has 5 nitrogen and oxygen atoms in total. The molecular weight excluding hydrogens is 439 g/mol. The van der Waals surface area contributed by atoms with E-state index in [9.17, 15) is 13.2 Å². The molecule has 0 bridgehead atoms. The Bertz CT molecular complexity index is 820. The zero-order valence-electron chi connectivity index (χ0n) is 13.4. The highest BCUT2D eigenvalue weighted by Gasteiger charge is 2.16. The molecule has 128 valence electrons. The largest absolute Gasteiger partial charge is 0.322 e. The molecule has 24 heavy (non-hydrogen) atoms. The Morgan fingerprint density at radius 2 is 1.75 bits per heavy atom. The summed E-state index contributed by atoms with van der Waals surface area (Å²) in [5.41, 5.74) is 1.12. The van der Waals surface area contributed by atoms with Crippen LogP contribution < -0.4 is 10.0 Å². The molecule has 0 fully saturated rings. The quantitative estimate of drug-likeness (QED) is 0.650. The van der Waals surface area contributed by atoms with Gasteiger partial charge in [-0.3, -0.25) is 4.79 Å². The van der Waals surface area contributed by atoms with Gasteiger partial charge in [0.25, 0.3) is 5.91 Å². The van der Waals surface area contributed by atoms with Crippen LogP contribution in [0.15, 0.2) is 53.4 Å². The van der Waals surface area contributed by atoms with Gasteiger partial charge in [-0.2, -0.15) is 0 Å². The molecule has 7 heteroatoms. The average Bonchev–Trinajstić information content (AvgIpc) is 2.55. The first kappa shape index (κ1) is 18.9. The number of benzene rings is 2. The maximum absolute atomic E-state index is 12.3. The van der Waals surface area contributed by atoms with Crippen LogP contribution in [0.5, 0.6) is 0 Å². The summed E-state index contributed by atoms with van der Waals surface area (Å²) >= 11 is 2.10. The lowest BCUT2D eigenvalue weighted by Crippen LogP contribution is -2.31. The standard InChI is InChI=1S/C17H19IN2O3S/c1-3-12(2)20-24(22,23)14-10-8-13(9-11-14)19-17(21)15-6-4-5-7-16(15)18/h4-12,20H,3H2,1-2H3,(H,19,21). The monoisotopic (exact) mass is 458 g/mol. The van der Waals surface area contributed by atoms with Gasteiger partial charge >= 0.3 is 0 Å². The van der Waals surface area contributed by atoms with E-state index in [1.807, 2.05) is 26.0 Å². The van der Waals surface area contributed by atoms with Crippen molar-refractivity contribution in [3.05, 3.63) is 57.7 Å². The SMILES string of the molecule is CCC(C)NS(=O)(=O)c1ccc(NC(=O)c2ccccc2I)cc1. The van der Waals surface area contributed by atoms with Gasteiger partial charge in [0.05, 0.1) is 10.5 Å². The van der Waals surface area contributed by atoms with E-state index < -0.39 is 10.0 Å². The number of halogens is 1. The van der Waals surface area contributed by atoms with E-state index in [1.54, 1.807) is 24.3 Å². The molecule has 1 unspecified atom stereocenters. The number of rotatable bonds is 6. The molecule has 2 aromatic rings. The van der Waals surface area contributed by atoms with Crippen molar-refractivity contribution in [1.29, 1.82) is 0 Å². The van der Waals surface area contributed by atoms with Gasteiger partial charge in [0.2, 0.25) is 10.0 Å². The van der Waals surface area contributed by atoms with Gasteiger partial charge in [-0.1, -0.05) is 19.1 Å². The molecule has 0 aromatic heterocycles. The van der Waals surface area contributed by atoms with Gasteiger partial charge < -0.3 is 5.32 Å². The fourth-order valence-corrected chi connectivity index (χ4v) is 3.94. The van der Waals surface area contributed by atoms with E-state index in [1.165, 1.54) is 12.1 Å². The Hall–Kier alpha value is -1.45. The molecule has 0 aliphatic rings. The minimum atomic E-state index is -3.54. The predicted molar refractivity (Wildman–Crippen MR) is 104 cm³/mol. The molecule has 0 saturated heterocycles. The van der Waals surface area contributed by atoms with Crippen molar-refractivity contribution < 1.29 is 13.2 Å². The van der Waals surface area contributed by atoms with Gasteiger partial charge in [-0.05, 0) is 72.3 Å². The van der Waals surface area contributed by atoms with Gasteiger partial charge in [-0.25, -0.2) is 13.1 Å². The van der Waals surface area contributed by atoms with E-state index in [4.69, 9.17) is 0 Å². The number of carbonyl (C=O) groups excluding carboxylic acids is 1. The third-order valence-electron chi connectivity index (χ3n) is 3.51. The van der Waals surface area contributed by atoms with Gasteiger partial charge in [0.1, 0.15) is 0 Å². The summed E-state index contributed by atoms with van der Waals surface area (Å²) in [4.78, 5) is 12.4. The van der Waals surface area contributed by atoms with Crippen molar-refractivity contribution in [1.82, 2.24) is 4.72 Å². The number of carbonyl (C=O) groups is 1. The predicted octanol–water partition coefficient (Wildman–Crippen LogP) is 3.62. The number of hydrogen-bond acceptors (Lipinski definition) is 3. The zero-order chi connectivity index (χ0) is 17.7. The summed E-state index contributed by atoms with van der Waals surface area (Å²) in [6.07, 6.45) is 0.711. The topological polar surface area (TPSA) is 75.3 Å². The van der Waals surface area contributed by atoms with E-state index >= 15 is 0 Å². The smallest absolute Gasteiger partial charge is 0.256 e. The van der Waals surface area contributed by atoms with Crippen molar-refractivity contribution in [3.8, 4) is 0 Å². The molecule has 2 rings (SSSR count). The maximum Gasteiger partial charge on any atom is 0.256 e. The first-order chi connectivity index (χ1) is 11.3. The fraction of sp³-hybridized carbons (Fsp3) is 0.235. The van der Waals surface area contributed by atoms with E-state index in [-0.39, 0.29) is 16.8 Å². The van der Waals surface area contributed by atoms with Gasteiger partial charge in [-0.15, -0.1) is 0 Å². The number of nitrogens with one attached hydrogen (secondary N) is 2. The summed E-state index contributed by atoms with van der Waals surface area (Å²) < 4.78 is 27.9. The molecule has 2 N–H and O–H groups in total. The van der Waals surface area contributed by atoms with E-state index in [0.29, 0.717) is 17.7 Å². The van der Waals surface area contributed by atoms with Crippen molar-refractivity contribution in [3.63, 3.8) is 0 Å². The van der Waals surface area contributed by atoms with E-state index in [2.05, 4.69) is 32.6 Å². The molecule has 0 saturated carbocycles. The van der Waals surface area contributed by atoms with Crippen molar-refractivity contribution in [2.75, 3.05) is 5.32 Å². The molecule has 2 aromatic carbocycles. The van der Waals surface area contributed by atoms with Crippen molar-refractivity contribution >= 4 is 44.2 Å². The molecule has 1 amide bonds. The highest BCUT2D eigenvalue weighted by atomic mass is 127. The second-order valence-electron chi connectivity index (χ2n) is 5.39. The van der Waals surface area contributed by atoms with Crippen molar-refractivity contribution in [2.45, 2.75) is 31.2 Å². The number of hydrogen-bond donors (Lipinski definition) is 2. The van der Waals surface area contributed by atoms with Crippen LogP contribution in [0.3, 0.4) is 0 Å². The Kier molecular flexibility index (Phi) is 6.36. The lowest BCUT2D eigenvalue weighted by Gasteiger charge is -2.12.